The minimum atomic E-state index is -0.970. The second-order valence-corrected chi connectivity index (χ2v) is 4.51. The Morgan fingerprint density at radius 2 is 2.18 bits per heavy atom. The number of carbonyl (C=O) groups is 1. The minimum absolute atomic E-state index is 0. The topological polar surface area (TPSA) is 76.4 Å². The molecule has 17 heavy (non-hydrogen) atoms. The van der Waals surface area contributed by atoms with Crippen LogP contribution in [0.4, 0.5) is 5.00 Å². The van der Waals surface area contributed by atoms with Crippen molar-refractivity contribution in [2.24, 2.45) is 0 Å². The quantitative estimate of drug-likeness (QED) is 0.845. The van der Waals surface area contributed by atoms with Crippen molar-refractivity contribution in [2.75, 3.05) is 31.1 Å². The van der Waals surface area contributed by atoms with Crippen molar-refractivity contribution < 1.29 is 9.90 Å². The van der Waals surface area contributed by atoms with Gasteiger partial charge in [0.05, 0.1) is 5.56 Å². The number of nitriles is 1. The number of hydrogen-bond donors (Lipinski definition) is 2. The Kier molecular flexibility index (Phi) is 4.75. The van der Waals surface area contributed by atoms with Gasteiger partial charge in [0.25, 0.3) is 0 Å². The normalized spacial score (nSPS) is 14.9. The lowest BCUT2D eigenvalue weighted by Crippen LogP contribution is -2.43. The molecule has 0 amide bonds. The van der Waals surface area contributed by atoms with Gasteiger partial charge in [-0.25, -0.2) is 4.79 Å². The van der Waals surface area contributed by atoms with E-state index < -0.39 is 5.97 Å². The molecule has 0 aliphatic carbocycles. The van der Waals surface area contributed by atoms with Gasteiger partial charge in [0.15, 0.2) is 0 Å². The summed E-state index contributed by atoms with van der Waals surface area (Å²) < 4.78 is 0. The molecule has 2 rings (SSSR count). The van der Waals surface area contributed by atoms with E-state index in [2.05, 4.69) is 16.3 Å². The van der Waals surface area contributed by atoms with Gasteiger partial charge in [-0.2, -0.15) is 5.26 Å². The Labute approximate surface area is 109 Å². The van der Waals surface area contributed by atoms with Gasteiger partial charge in [-0.15, -0.1) is 23.7 Å². The second kappa shape index (κ2) is 5.87. The molecule has 1 aromatic rings. The maximum Gasteiger partial charge on any atom is 0.345 e. The Hall–Kier alpha value is -1.29. The van der Waals surface area contributed by atoms with Crippen LogP contribution in [0, 0.1) is 11.3 Å². The Morgan fingerprint density at radius 1 is 1.53 bits per heavy atom. The van der Waals surface area contributed by atoms with E-state index in [1.807, 2.05) is 0 Å². The van der Waals surface area contributed by atoms with Crippen molar-refractivity contribution in [1.29, 1.82) is 5.26 Å². The van der Waals surface area contributed by atoms with Gasteiger partial charge in [0.2, 0.25) is 0 Å². The molecule has 1 fully saturated rings. The van der Waals surface area contributed by atoms with Crippen LogP contribution in [0.2, 0.25) is 0 Å². The third-order valence-corrected chi connectivity index (χ3v) is 3.63. The zero-order chi connectivity index (χ0) is 11.5. The van der Waals surface area contributed by atoms with E-state index in [1.165, 1.54) is 17.4 Å². The molecule has 1 aliphatic rings. The molecule has 92 valence electrons. The molecule has 1 aromatic heterocycles. The molecule has 0 aromatic carbocycles. The van der Waals surface area contributed by atoms with Gasteiger partial charge in [-0.1, -0.05) is 0 Å². The first-order valence-electron chi connectivity index (χ1n) is 4.95. The highest BCUT2D eigenvalue weighted by Crippen LogP contribution is 2.31. The molecule has 0 radical (unpaired) electrons. The molecule has 0 unspecified atom stereocenters. The molecule has 0 spiro atoms. The van der Waals surface area contributed by atoms with Gasteiger partial charge < -0.3 is 15.3 Å². The standard InChI is InChI=1S/C10H11N3O2S.ClH/c11-6-7-5-8(10(14)15)16-9(7)13-3-1-12-2-4-13;/h5,12H,1-4H2,(H,14,15);1H. The maximum absolute atomic E-state index is 10.8. The molecule has 0 saturated carbocycles. The molecule has 7 heteroatoms. The van der Waals surface area contributed by atoms with Crippen LogP contribution in [0.15, 0.2) is 6.07 Å². The molecule has 2 N–H and O–H groups in total. The van der Waals surface area contributed by atoms with Crippen molar-refractivity contribution in [3.05, 3.63) is 16.5 Å². The number of carboxylic acid groups (broad SMARTS) is 1. The van der Waals surface area contributed by atoms with Gasteiger partial charge in [-0.05, 0) is 6.07 Å². The summed E-state index contributed by atoms with van der Waals surface area (Å²) in [4.78, 5) is 13.1. The summed E-state index contributed by atoms with van der Waals surface area (Å²) in [7, 11) is 0. The predicted octanol–water partition coefficient (Wildman–Crippen LogP) is 1.15. The van der Waals surface area contributed by atoms with Crippen LogP contribution in [-0.4, -0.2) is 37.3 Å². The fraction of sp³-hybridized carbons (Fsp3) is 0.400. The second-order valence-electron chi connectivity index (χ2n) is 3.48. The molecule has 2 heterocycles. The van der Waals surface area contributed by atoms with E-state index in [0.717, 1.165) is 31.2 Å². The van der Waals surface area contributed by atoms with Gasteiger partial charge in [0.1, 0.15) is 15.9 Å². The highest BCUT2D eigenvalue weighted by molar-refractivity contribution is 7.18. The van der Waals surface area contributed by atoms with E-state index in [9.17, 15) is 4.79 Å². The number of carboxylic acids is 1. The summed E-state index contributed by atoms with van der Waals surface area (Å²) in [5.74, 6) is -0.970. The lowest BCUT2D eigenvalue weighted by atomic mass is 10.3. The summed E-state index contributed by atoms with van der Waals surface area (Å²) in [6.07, 6.45) is 0. The summed E-state index contributed by atoms with van der Waals surface area (Å²) >= 11 is 1.17. The minimum Gasteiger partial charge on any atom is -0.477 e. The fourth-order valence-corrected chi connectivity index (χ4v) is 2.67. The highest BCUT2D eigenvalue weighted by atomic mass is 35.5. The van der Waals surface area contributed by atoms with Gasteiger partial charge >= 0.3 is 5.97 Å². The average Bonchev–Trinajstić information content (AvgIpc) is 2.74. The molecule has 1 aliphatic heterocycles. The number of thiophene rings is 1. The Bertz CT molecular complexity index is 449. The van der Waals surface area contributed by atoms with Crippen LogP contribution in [0.5, 0.6) is 0 Å². The molecule has 5 nitrogen and oxygen atoms in total. The SMILES string of the molecule is Cl.N#Cc1cc(C(=O)O)sc1N1CCNCC1. The monoisotopic (exact) mass is 273 g/mol. The Morgan fingerprint density at radius 3 is 2.71 bits per heavy atom. The number of piperazine rings is 1. The first kappa shape index (κ1) is 13.8. The van der Waals surface area contributed by atoms with E-state index in [1.54, 1.807) is 0 Å². The van der Waals surface area contributed by atoms with Crippen LogP contribution >= 0.6 is 23.7 Å². The van der Waals surface area contributed by atoms with E-state index in [0.29, 0.717) is 5.56 Å². The molecular weight excluding hydrogens is 262 g/mol. The number of halogens is 1. The molecule has 0 atom stereocenters. The first-order chi connectivity index (χ1) is 7.72. The molecule has 0 bridgehead atoms. The first-order valence-corrected chi connectivity index (χ1v) is 5.77. The number of anilines is 1. The summed E-state index contributed by atoms with van der Waals surface area (Å²) in [5.41, 5.74) is 0.462. The number of rotatable bonds is 2. The van der Waals surface area contributed by atoms with E-state index in [4.69, 9.17) is 10.4 Å². The molecular formula is C10H12ClN3O2S. The largest absolute Gasteiger partial charge is 0.477 e. The van der Waals surface area contributed by atoms with Crippen molar-refractivity contribution >= 4 is 34.7 Å². The van der Waals surface area contributed by atoms with E-state index >= 15 is 0 Å². The van der Waals surface area contributed by atoms with Gasteiger partial charge in [-0.3, -0.25) is 0 Å². The number of nitrogens with zero attached hydrogens (tertiary/aromatic N) is 2. The number of nitrogens with one attached hydrogen (secondary N) is 1. The lowest BCUT2D eigenvalue weighted by Gasteiger charge is -2.28. The number of aromatic carboxylic acids is 1. The predicted molar refractivity (Wildman–Crippen MR) is 68.3 cm³/mol. The smallest absolute Gasteiger partial charge is 0.345 e. The lowest BCUT2D eigenvalue weighted by molar-refractivity contribution is 0.0702. The molecule has 1 saturated heterocycles. The van der Waals surface area contributed by atoms with E-state index in [-0.39, 0.29) is 17.3 Å². The van der Waals surface area contributed by atoms with Crippen LogP contribution in [0.3, 0.4) is 0 Å². The average molecular weight is 274 g/mol. The third-order valence-electron chi connectivity index (χ3n) is 2.45. The summed E-state index contributed by atoms with van der Waals surface area (Å²) in [6, 6.07) is 3.50. The third kappa shape index (κ3) is 2.88. The van der Waals surface area contributed by atoms with Crippen molar-refractivity contribution in [1.82, 2.24) is 5.32 Å². The zero-order valence-corrected chi connectivity index (χ0v) is 10.6. The summed E-state index contributed by atoms with van der Waals surface area (Å²) in [6.45, 7) is 3.36. The zero-order valence-electron chi connectivity index (χ0n) is 8.97. The summed E-state index contributed by atoms with van der Waals surface area (Å²) in [5, 5.41) is 21.8. The number of hydrogen-bond acceptors (Lipinski definition) is 5. The Balaban J connectivity index is 0.00000144. The van der Waals surface area contributed by atoms with Crippen LogP contribution in [0.25, 0.3) is 0 Å². The van der Waals surface area contributed by atoms with Crippen molar-refractivity contribution in [3.63, 3.8) is 0 Å². The van der Waals surface area contributed by atoms with Crippen LogP contribution < -0.4 is 10.2 Å². The highest BCUT2D eigenvalue weighted by Gasteiger charge is 2.19. The van der Waals surface area contributed by atoms with Crippen molar-refractivity contribution in [2.45, 2.75) is 0 Å². The van der Waals surface area contributed by atoms with Crippen LogP contribution in [0.1, 0.15) is 15.2 Å². The van der Waals surface area contributed by atoms with Gasteiger partial charge in [0, 0.05) is 26.2 Å². The van der Waals surface area contributed by atoms with Crippen LogP contribution in [-0.2, 0) is 0 Å². The fourth-order valence-electron chi connectivity index (χ4n) is 1.67. The maximum atomic E-state index is 10.8. The van der Waals surface area contributed by atoms with Crippen molar-refractivity contribution in [3.8, 4) is 6.07 Å².